The van der Waals surface area contributed by atoms with Crippen LogP contribution in [-0.4, -0.2) is 47.0 Å². The Bertz CT molecular complexity index is 1080. The molecule has 0 saturated carbocycles. The molecule has 4 rings (SSSR count). The number of amides is 1. The van der Waals surface area contributed by atoms with Crippen LogP contribution in [0, 0.1) is 19.8 Å². The van der Waals surface area contributed by atoms with Gasteiger partial charge in [0.2, 0.25) is 5.91 Å². The molecule has 1 aliphatic heterocycles. The molecule has 0 atom stereocenters. The summed E-state index contributed by atoms with van der Waals surface area (Å²) in [6.07, 6.45) is 3.33. The molecule has 170 valence electrons. The topological polar surface area (TPSA) is 61.4 Å². The highest BCUT2D eigenvalue weighted by atomic mass is 32.1. The quantitative estimate of drug-likeness (QED) is 0.547. The van der Waals surface area contributed by atoms with E-state index >= 15 is 0 Å². The van der Waals surface area contributed by atoms with Crippen molar-refractivity contribution < 1.29 is 4.79 Å². The summed E-state index contributed by atoms with van der Waals surface area (Å²) >= 11 is 1.73. The number of carbonyl (C=O) groups excluding carboxylic acids is 1. The molecular formula is C25H33N5OS. The average Bonchev–Trinajstić information content (AvgIpc) is 3.11. The van der Waals surface area contributed by atoms with Crippen LogP contribution in [0.3, 0.4) is 0 Å². The third-order valence-electron chi connectivity index (χ3n) is 6.61. The zero-order chi connectivity index (χ0) is 22.7. The van der Waals surface area contributed by atoms with Gasteiger partial charge in [-0.1, -0.05) is 26.0 Å². The van der Waals surface area contributed by atoms with Crippen LogP contribution in [-0.2, 0) is 11.3 Å². The molecule has 2 aromatic heterocycles. The third kappa shape index (κ3) is 4.79. The Morgan fingerprint density at radius 2 is 1.94 bits per heavy atom. The maximum Gasteiger partial charge on any atom is 0.227 e. The lowest BCUT2D eigenvalue weighted by molar-refractivity contribution is -0.120. The highest BCUT2D eigenvalue weighted by Gasteiger charge is 2.27. The number of piperidine rings is 1. The lowest BCUT2D eigenvalue weighted by Crippen LogP contribution is -2.38. The van der Waals surface area contributed by atoms with Gasteiger partial charge in [-0.3, -0.25) is 9.69 Å². The Morgan fingerprint density at radius 1 is 1.19 bits per heavy atom. The summed E-state index contributed by atoms with van der Waals surface area (Å²) in [5, 5.41) is 4.33. The fourth-order valence-corrected chi connectivity index (χ4v) is 5.45. The number of nitrogens with zero attached hydrogens (tertiary/aromatic N) is 4. The second kappa shape index (κ2) is 9.96. The van der Waals surface area contributed by atoms with Gasteiger partial charge in [0.1, 0.15) is 17.0 Å². The van der Waals surface area contributed by atoms with E-state index in [0.717, 1.165) is 61.9 Å². The molecular weight excluding hydrogens is 418 g/mol. The third-order valence-corrected chi connectivity index (χ3v) is 7.72. The number of anilines is 2. The highest BCUT2D eigenvalue weighted by Crippen LogP contribution is 2.35. The summed E-state index contributed by atoms with van der Waals surface area (Å²) < 4.78 is 0. The summed E-state index contributed by atoms with van der Waals surface area (Å²) in [5.41, 5.74) is 3.39. The summed E-state index contributed by atoms with van der Waals surface area (Å²) in [7, 11) is 0. The van der Waals surface area contributed by atoms with Gasteiger partial charge >= 0.3 is 0 Å². The molecule has 0 radical (unpaired) electrons. The number of hydrogen-bond acceptors (Lipinski definition) is 6. The molecule has 1 fully saturated rings. The minimum Gasteiger partial charge on any atom is -0.356 e. The van der Waals surface area contributed by atoms with Gasteiger partial charge in [-0.2, -0.15) is 0 Å². The first-order chi connectivity index (χ1) is 15.5. The van der Waals surface area contributed by atoms with Crippen molar-refractivity contribution in [2.45, 2.75) is 47.1 Å². The van der Waals surface area contributed by atoms with Gasteiger partial charge in [0.25, 0.3) is 0 Å². The van der Waals surface area contributed by atoms with Gasteiger partial charge in [-0.25, -0.2) is 9.97 Å². The van der Waals surface area contributed by atoms with E-state index < -0.39 is 0 Å². The predicted molar refractivity (Wildman–Crippen MR) is 134 cm³/mol. The largest absolute Gasteiger partial charge is 0.356 e. The molecule has 3 aromatic rings. The van der Waals surface area contributed by atoms with Crippen molar-refractivity contribution in [3.05, 3.63) is 46.6 Å². The Labute approximate surface area is 194 Å². The van der Waals surface area contributed by atoms with Crippen molar-refractivity contribution in [2.75, 3.05) is 36.4 Å². The van der Waals surface area contributed by atoms with Crippen molar-refractivity contribution in [3.8, 4) is 0 Å². The van der Waals surface area contributed by atoms with E-state index in [1.54, 1.807) is 17.7 Å². The van der Waals surface area contributed by atoms with Crippen LogP contribution in [0.25, 0.3) is 10.2 Å². The molecule has 6 nitrogen and oxygen atoms in total. The minimum absolute atomic E-state index is 0.0281. The number of fused-ring (bicyclic) bond motifs is 1. The van der Waals surface area contributed by atoms with E-state index in [-0.39, 0.29) is 11.8 Å². The fourth-order valence-electron chi connectivity index (χ4n) is 4.45. The number of nitrogens with one attached hydrogen (secondary N) is 1. The number of thiophene rings is 1. The summed E-state index contributed by atoms with van der Waals surface area (Å²) in [6.45, 7) is 13.3. The summed E-state index contributed by atoms with van der Waals surface area (Å²) in [5.74, 6) is 1.17. The van der Waals surface area contributed by atoms with Crippen LogP contribution in [0.1, 0.15) is 42.7 Å². The zero-order valence-corrected chi connectivity index (χ0v) is 20.3. The Morgan fingerprint density at radius 3 is 2.66 bits per heavy atom. The predicted octanol–water partition coefficient (Wildman–Crippen LogP) is 5.01. The molecule has 0 bridgehead atoms. The van der Waals surface area contributed by atoms with Gasteiger partial charge in [0.15, 0.2) is 0 Å². The van der Waals surface area contributed by atoms with Gasteiger partial charge in [-0.05, 0) is 63.0 Å². The van der Waals surface area contributed by atoms with Crippen molar-refractivity contribution in [3.63, 3.8) is 0 Å². The summed E-state index contributed by atoms with van der Waals surface area (Å²) in [4.78, 5) is 29.1. The van der Waals surface area contributed by atoms with Crippen molar-refractivity contribution >= 4 is 39.0 Å². The van der Waals surface area contributed by atoms with Crippen LogP contribution in [0.2, 0.25) is 0 Å². The standard InChI is InChI=1S/C25H33N5OS/c1-5-29(6-2)15-19-8-7-9-21(14-19)28-24(31)20-10-12-30(13-11-20)23-22-17(3)18(4)32-25(22)27-16-26-23/h7-9,14,16,20H,5-6,10-13,15H2,1-4H3,(H,28,31). The molecule has 0 spiro atoms. The van der Waals surface area contributed by atoms with Gasteiger partial charge in [-0.15, -0.1) is 11.3 Å². The Kier molecular flexibility index (Phi) is 7.06. The molecule has 32 heavy (non-hydrogen) atoms. The Balaban J connectivity index is 1.38. The van der Waals surface area contributed by atoms with Crippen molar-refractivity contribution in [1.29, 1.82) is 0 Å². The highest BCUT2D eigenvalue weighted by molar-refractivity contribution is 7.18. The first-order valence-electron chi connectivity index (χ1n) is 11.6. The van der Waals surface area contributed by atoms with E-state index in [1.807, 2.05) is 12.1 Å². The first-order valence-corrected chi connectivity index (χ1v) is 12.4. The van der Waals surface area contributed by atoms with Crippen LogP contribution < -0.4 is 10.2 Å². The number of hydrogen-bond donors (Lipinski definition) is 1. The fraction of sp³-hybridized carbons (Fsp3) is 0.480. The lowest BCUT2D eigenvalue weighted by Gasteiger charge is -2.32. The van der Waals surface area contributed by atoms with Gasteiger partial charge < -0.3 is 10.2 Å². The second-order valence-corrected chi connectivity index (χ2v) is 9.78. The summed E-state index contributed by atoms with van der Waals surface area (Å²) in [6, 6.07) is 8.24. The van der Waals surface area contributed by atoms with E-state index in [9.17, 15) is 4.79 Å². The van der Waals surface area contributed by atoms with Crippen LogP contribution in [0.4, 0.5) is 11.5 Å². The first kappa shape index (κ1) is 22.7. The zero-order valence-electron chi connectivity index (χ0n) is 19.5. The maximum absolute atomic E-state index is 13.0. The van der Waals surface area contributed by atoms with E-state index in [2.05, 4.69) is 64.9 Å². The number of carbonyl (C=O) groups is 1. The molecule has 7 heteroatoms. The van der Waals surface area contributed by atoms with Gasteiger partial charge in [0, 0.05) is 36.1 Å². The maximum atomic E-state index is 13.0. The molecule has 1 aromatic carbocycles. The lowest BCUT2D eigenvalue weighted by atomic mass is 9.95. The van der Waals surface area contributed by atoms with Crippen LogP contribution >= 0.6 is 11.3 Å². The molecule has 0 aliphatic carbocycles. The van der Waals surface area contributed by atoms with Gasteiger partial charge in [0.05, 0.1) is 5.39 Å². The number of benzene rings is 1. The molecule has 1 amide bonds. The minimum atomic E-state index is 0.0281. The number of aryl methyl sites for hydroxylation is 2. The number of rotatable bonds is 7. The van der Waals surface area contributed by atoms with Crippen LogP contribution in [0.5, 0.6) is 0 Å². The smallest absolute Gasteiger partial charge is 0.227 e. The molecule has 0 unspecified atom stereocenters. The van der Waals surface area contributed by atoms with Crippen molar-refractivity contribution in [2.24, 2.45) is 5.92 Å². The molecule has 1 aliphatic rings. The normalized spacial score (nSPS) is 15.0. The molecule has 3 heterocycles. The SMILES string of the molecule is CCN(CC)Cc1cccc(NC(=O)C2CCN(c3ncnc4sc(C)c(C)c34)CC2)c1. The van der Waals surface area contributed by atoms with E-state index in [0.29, 0.717) is 0 Å². The van der Waals surface area contributed by atoms with Crippen molar-refractivity contribution in [1.82, 2.24) is 14.9 Å². The molecule has 1 saturated heterocycles. The second-order valence-electron chi connectivity index (χ2n) is 8.57. The van der Waals surface area contributed by atoms with E-state index in [1.165, 1.54) is 21.4 Å². The van der Waals surface area contributed by atoms with E-state index in [4.69, 9.17) is 0 Å². The number of aromatic nitrogens is 2. The molecule has 1 N–H and O–H groups in total. The monoisotopic (exact) mass is 451 g/mol. The van der Waals surface area contributed by atoms with Crippen LogP contribution in [0.15, 0.2) is 30.6 Å². The average molecular weight is 452 g/mol. The Hall–Kier alpha value is -2.51.